The smallest absolute Gasteiger partial charge is 0.358 e. The fraction of sp³-hybridized carbons (Fsp3) is 0.444. The SMILES string of the molecule is CCCCOC(=O)c1[nH]c(=O)c2ccc(OCCCC)cc2c1O. The summed E-state index contributed by atoms with van der Waals surface area (Å²) in [6.45, 7) is 4.84. The van der Waals surface area contributed by atoms with Gasteiger partial charge in [0.05, 0.1) is 18.6 Å². The van der Waals surface area contributed by atoms with Crippen molar-refractivity contribution in [2.45, 2.75) is 39.5 Å². The molecule has 0 spiro atoms. The van der Waals surface area contributed by atoms with Crippen LogP contribution in [0.1, 0.15) is 50.0 Å². The number of fused-ring (bicyclic) bond motifs is 1. The Hall–Kier alpha value is -2.50. The van der Waals surface area contributed by atoms with E-state index in [9.17, 15) is 14.7 Å². The van der Waals surface area contributed by atoms with E-state index >= 15 is 0 Å². The van der Waals surface area contributed by atoms with E-state index < -0.39 is 11.5 Å². The van der Waals surface area contributed by atoms with Crippen LogP contribution in [-0.4, -0.2) is 29.3 Å². The van der Waals surface area contributed by atoms with Crippen molar-refractivity contribution >= 4 is 16.7 Å². The van der Waals surface area contributed by atoms with Crippen molar-refractivity contribution in [2.24, 2.45) is 0 Å². The topological polar surface area (TPSA) is 88.6 Å². The predicted octanol–water partition coefficient (Wildman–Crippen LogP) is 3.37. The van der Waals surface area contributed by atoms with E-state index in [2.05, 4.69) is 11.9 Å². The number of rotatable bonds is 8. The highest BCUT2D eigenvalue weighted by Gasteiger charge is 2.18. The molecular weight excluding hydrogens is 310 g/mol. The second-order valence-corrected chi connectivity index (χ2v) is 5.58. The van der Waals surface area contributed by atoms with Crippen LogP contribution in [0.2, 0.25) is 0 Å². The molecule has 6 nitrogen and oxygen atoms in total. The molecule has 0 saturated carbocycles. The Labute approximate surface area is 140 Å². The summed E-state index contributed by atoms with van der Waals surface area (Å²) in [4.78, 5) is 26.6. The van der Waals surface area contributed by atoms with Crippen LogP contribution in [0.4, 0.5) is 0 Å². The Bertz CT molecular complexity index is 766. The Balaban J connectivity index is 2.35. The minimum absolute atomic E-state index is 0.227. The van der Waals surface area contributed by atoms with Crippen molar-refractivity contribution in [1.29, 1.82) is 0 Å². The van der Waals surface area contributed by atoms with Gasteiger partial charge in [-0.25, -0.2) is 4.79 Å². The van der Waals surface area contributed by atoms with E-state index in [-0.39, 0.29) is 23.4 Å². The highest BCUT2D eigenvalue weighted by Crippen LogP contribution is 2.29. The number of H-pyrrole nitrogens is 1. The van der Waals surface area contributed by atoms with E-state index in [0.29, 0.717) is 17.7 Å². The number of unbranched alkanes of at least 4 members (excludes halogenated alkanes) is 2. The lowest BCUT2D eigenvalue weighted by Crippen LogP contribution is -2.16. The first-order valence-corrected chi connectivity index (χ1v) is 8.27. The molecule has 0 saturated heterocycles. The number of hydrogen-bond acceptors (Lipinski definition) is 5. The molecule has 1 aromatic heterocycles. The van der Waals surface area contributed by atoms with Crippen molar-refractivity contribution in [1.82, 2.24) is 4.98 Å². The summed E-state index contributed by atoms with van der Waals surface area (Å²) in [5, 5.41) is 10.9. The summed E-state index contributed by atoms with van der Waals surface area (Å²) < 4.78 is 10.7. The summed E-state index contributed by atoms with van der Waals surface area (Å²) in [6.07, 6.45) is 3.52. The average Bonchev–Trinajstić information content (AvgIpc) is 2.58. The molecule has 0 bridgehead atoms. The summed E-state index contributed by atoms with van der Waals surface area (Å²) in [5.41, 5.74) is -0.681. The van der Waals surface area contributed by atoms with E-state index in [1.807, 2.05) is 6.92 Å². The maximum absolute atomic E-state index is 12.1. The molecule has 24 heavy (non-hydrogen) atoms. The average molecular weight is 333 g/mol. The number of ether oxygens (including phenoxy) is 2. The van der Waals surface area contributed by atoms with Crippen molar-refractivity contribution in [3.8, 4) is 11.5 Å². The molecule has 130 valence electrons. The zero-order valence-corrected chi connectivity index (χ0v) is 14.1. The van der Waals surface area contributed by atoms with Crippen molar-refractivity contribution < 1.29 is 19.4 Å². The van der Waals surface area contributed by atoms with Gasteiger partial charge >= 0.3 is 5.97 Å². The molecule has 0 aliphatic heterocycles. The molecule has 2 aromatic rings. The molecule has 0 unspecified atom stereocenters. The number of aromatic amines is 1. The number of aromatic hydroxyl groups is 1. The lowest BCUT2D eigenvalue weighted by molar-refractivity contribution is 0.0489. The van der Waals surface area contributed by atoms with Gasteiger partial charge < -0.3 is 19.6 Å². The second kappa shape index (κ2) is 8.38. The van der Waals surface area contributed by atoms with Crippen LogP contribution in [0.3, 0.4) is 0 Å². The number of pyridine rings is 1. The van der Waals surface area contributed by atoms with E-state index in [1.54, 1.807) is 18.2 Å². The Morgan fingerprint density at radius 3 is 2.54 bits per heavy atom. The Morgan fingerprint density at radius 2 is 1.83 bits per heavy atom. The molecule has 6 heteroatoms. The first kappa shape index (κ1) is 17.8. The number of esters is 1. The van der Waals surface area contributed by atoms with Crippen LogP contribution in [-0.2, 0) is 4.74 Å². The highest BCUT2D eigenvalue weighted by atomic mass is 16.5. The third-order valence-electron chi connectivity index (χ3n) is 3.67. The van der Waals surface area contributed by atoms with Gasteiger partial charge in [0, 0.05) is 5.39 Å². The Kier molecular flexibility index (Phi) is 6.23. The van der Waals surface area contributed by atoms with Crippen LogP contribution in [0.15, 0.2) is 23.0 Å². The number of aromatic nitrogens is 1. The molecule has 2 N–H and O–H groups in total. The standard InChI is InChI=1S/C18H23NO5/c1-3-5-9-23-12-7-8-13-14(11-12)16(20)15(19-17(13)21)18(22)24-10-6-4-2/h7-8,11,20H,3-6,9-10H2,1-2H3,(H,19,21). The van der Waals surface area contributed by atoms with Crippen LogP contribution in [0, 0.1) is 0 Å². The first-order valence-electron chi connectivity index (χ1n) is 8.27. The second-order valence-electron chi connectivity index (χ2n) is 5.58. The van der Waals surface area contributed by atoms with Crippen LogP contribution in [0.5, 0.6) is 11.5 Å². The molecule has 0 fully saturated rings. The third-order valence-corrected chi connectivity index (χ3v) is 3.67. The van der Waals surface area contributed by atoms with Gasteiger partial charge in [-0.1, -0.05) is 26.7 Å². The van der Waals surface area contributed by atoms with Crippen molar-refractivity contribution in [3.05, 3.63) is 34.2 Å². The van der Waals surface area contributed by atoms with Gasteiger partial charge in [0.25, 0.3) is 5.56 Å². The normalized spacial score (nSPS) is 10.8. The lowest BCUT2D eigenvalue weighted by Gasteiger charge is -2.10. The maximum Gasteiger partial charge on any atom is 0.358 e. The number of nitrogens with one attached hydrogen (secondary N) is 1. The van der Waals surface area contributed by atoms with Gasteiger partial charge in [-0.15, -0.1) is 0 Å². The number of benzene rings is 1. The molecule has 0 aliphatic rings. The minimum atomic E-state index is -0.739. The highest BCUT2D eigenvalue weighted by molar-refractivity contribution is 5.99. The van der Waals surface area contributed by atoms with Gasteiger partial charge in [0.1, 0.15) is 5.75 Å². The molecule has 0 amide bonds. The van der Waals surface area contributed by atoms with Gasteiger partial charge in [-0.05, 0) is 31.0 Å². The maximum atomic E-state index is 12.1. The largest absolute Gasteiger partial charge is 0.505 e. The molecule has 2 rings (SSSR count). The quantitative estimate of drug-likeness (QED) is 0.571. The number of carbonyl (C=O) groups excluding carboxylic acids is 1. The molecule has 1 heterocycles. The van der Waals surface area contributed by atoms with Crippen molar-refractivity contribution in [3.63, 3.8) is 0 Å². The van der Waals surface area contributed by atoms with Gasteiger partial charge in [-0.2, -0.15) is 0 Å². The first-order chi connectivity index (χ1) is 11.6. The molecule has 0 atom stereocenters. The van der Waals surface area contributed by atoms with Gasteiger partial charge in [-0.3, -0.25) is 4.79 Å². The fourth-order valence-corrected chi connectivity index (χ4v) is 2.25. The van der Waals surface area contributed by atoms with E-state index in [0.717, 1.165) is 25.7 Å². The molecular formula is C18H23NO5. The fourth-order valence-electron chi connectivity index (χ4n) is 2.25. The summed E-state index contributed by atoms with van der Waals surface area (Å²) in [7, 11) is 0. The predicted molar refractivity (Wildman–Crippen MR) is 91.8 cm³/mol. The summed E-state index contributed by atoms with van der Waals surface area (Å²) in [6, 6.07) is 4.81. The Morgan fingerprint density at radius 1 is 1.12 bits per heavy atom. The van der Waals surface area contributed by atoms with Crippen LogP contribution < -0.4 is 10.3 Å². The zero-order valence-electron chi connectivity index (χ0n) is 14.1. The van der Waals surface area contributed by atoms with E-state index in [1.165, 1.54) is 0 Å². The number of carbonyl (C=O) groups is 1. The minimum Gasteiger partial charge on any atom is -0.505 e. The molecule has 1 aromatic carbocycles. The molecule has 0 aliphatic carbocycles. The molecule has 0 radical (unpaired) electrons. The van der Waals surface area contributed by atoms with Crippen LogP contribution in [0.25, 0.3) is 10.8 Å². The third kappa shape index (κ3) is 4.07. The van der Waals surface area contributed by atoms with Crippen LogP contribution >= 0.6 is 0 Å². The lowest BCUT2D eigenvalue weighted by atomic mass is 10.1. The van der Waals surface area contributed by atoms with Gasteiger partial charge in [0.15, 0.2) is 11.4 Å². The van der Waals surface area contributed by atoms with E-state index in [4.69, 9.17) is 9.47 Å². The zero-order chi connectivity index (χ0) is 17.5. The summed E-state index contributed by atoms with van der Waals surface area (Å²) in [5.74, 6) is -0.494. The monoisotopic (exact) mass is 333 g/mol. The van der Waals surface area contributed by atoms with Gasteiger partial charge in [0.2, 0.25) is 0 Å². The number of hydrogen-bond donors (Lipinski definition) is 2. The summed E-state index contributed by atoms with van der Waals surface area (Å²) >= 11 is 0. The van der Waals surface area contributed by atoms with Crippen molar-refractivity contribution in [2.75, 3.05) is 13.2 Å².